The summed E-state index contributed by atoms with van der Waals surface area (Å²) in [7, 11) is 0. The van der Waals surface area contributed by atoms with Crippen LogP contribution in [0.3, 0.4) is 0 Å². The number of amides is 2. The zero-order valence-electron chi connectivity index (χ0n) is 13.1. The number of rotatable bonds is 2. The van der Waals surface area contributed by atoms with Crippen LogP contribution in [0.5, 0.6) is 0 Å². The average Bonchev–Trinajstić information content (AvgIpc) is 2.69. The molecular formula is C16H22ClN3O2S. The second kappa shape index (κ2) is 8.04. The smallest absolute Gasteiger partial charge is 0.251 e. The molecule has 5 nitrogen and oxygen atoms in total. The summed E-state index contributed by atoms with van der Waals surface area (Å²) in [5, 5.41) is 9.33. The molecule has 0 aliphatic carbocycles. The van der Waals surface area contributed by atoms with Crippen molar-refractivity contribution in [2.45, 2.75) is 30.7 Å². The lowest BCUT2D eigenvalue weighted by molar-refractivity contribution is -0.115. The van der Waals surface area contributed by atoms with Gasteiger partial charge in [0.1, 0.15) is 0 Å². The second-order valence-electron chi connectivity index (χ2n) is 5.91. The Balaban J connectivity index is 0.00000192. The van der Waals surface area contributed by atoms with E-state index < -0.39 is 0 Å². The van der Waals surface area contributed by atoms with Crippen LogP contribution in [0, 0.1) is 5.92 Å². The van der Waals surface area contributed by atoms with Gasteiger partial charge in [0.2, 0.25) is 5.91 Å². The lowest BCUT2D eigenvalue weighted by Gasteiger charge is -2.30. The number of carbonyl (C=O) groups excluding carboxylic acids is 2. The van der Waals surface area contributed by atoms with Gasteiger partial charge in [-0.3, -0.25) is 9.59 Å². The van der Waals surface area contributed by atoms with Crippen LogP contribution in [0.4, 0.5) is 5.69 Å². The number of nitrogens with one attached hydrogen (secondary N) is 3. The molecule has 2 amide bonds. The van der Waals surface area contributed by atoms with Gasteiger partial charge in [0.15, 0.2) is 0 Å². The number of carbonyl (C=O) groups is 2. The summed E-state index contributed by atoms with van der Waals surface area (Å²) in [4.78, 5) is 25.1. The van der Waals surface area contributed by atoms with Crippen LogP contribution in [-0.4, -0.2) is 36.7 Å². The molecule has 1 saturated heterocycles. The molecule has 126 valence electrons. The van der Waals surface area contributed by atoms with Gasteiger partial charge in [0.05, 0.1) is 5.69 Å². The van der Waals surface area contributed by atoms with Gasteiger partial charge in [-0.15, -0.1) is 24.2 Å². The third-order valence-electron chi connectivity index (χ3n) is 4.20. The minimum absolute atomic E-state index is 0. The van der Waals surface area contributed by atoms with E-state index in [9.17, 15) is 9.59 Å². The van der Waals surface area contributed by atoms with E-state index in [0.717, 1.165) is 35.8 Å². The number of benzene rings is 1. The van der Waals surface area contributed by atoms with Gasteiger partial charge in [0.25, 0.3) is 5.91 Å². The van der Waals surface area contributed by atoms with Gasteiger partial charge in [-0.25, -0.2) is 0 Å². The molecule has 0 spiro atoms. The van der Waals surface area contributed by atoms with E-state index in [4.69, 9.17) is 0 Å². The molecule has 2 heterocycles. The molecule has 2 aliphatic rings. The molecule has 1 aromatic rings. The maximum atomic E-state index is 12.5. The Morgan fingerprint density at radius 1 is 1.39 bits per heavy atom. The maximum absolute atomic E-state index is 12.5. The van der Waals surface area contributed by atoms with Crippen LogP contribution in [0.15, 0.2) is 23.1 Å². The SMILES string of the molecule is CC1CNCCC1NC(=O)c1ccc2c(c1)NC(=O)CCS2.Cl. The van der Waals surface area contributed by atoms with Crippen LogP contribution in [0.2, 0.25) is 0 Å². The van der Waals surface area contributed by atoms with Crippen LogP contribution in [-0.2, 0) is 4.79 Å². The molecule has 0 saturated carbocycles. The summed E-state index contributed by atoms with van der Waals surface area (Å²) >= 11 is 1.65. The lowest BCUT2D eigenvalue weighted by Crippen LogP contribution is -2.48. The highest BCUT2D eigenvalue weighted by atomic mass is 35.5. The van der Waals surface area contributed by atoms with E-state index in [2.05, 4.69) is 22.9 Å². The van der Waals surface area contributed by atoms with Crippen molar-refractivity contribution in [1.82, 2.24) is 10.6 Å². The van der Waals surface area contributed by atoms with Gasteiger partial charge in [-0.2, -0.15) is 0 Å². The molecule has 3 N–H and O–H groups in total. The highest BCUT2D eigenvalue weighted by Gasteiger charge is 2.23. The van der Waals surface area contributed by atoms with E-state index in [-0.39, 0.29) is 30.3 Å². The standard InChI is InChI=1S/C16H21N3O2S.ClH/c1-10-9-17-6-4-12(10)19-16(21)11-2-3-14-13(8-11)18-15(20)5-7-22-14;/h2-3,8,10,12,17H,4-7,9H2,1H3,(H,18,20)(H,19,21);1H. The van der Waals surface area contributed by atoms with Crippen LogP contribution < -0.4 is 16.0 Å². The number of halogens is 1. The van der Waals surface area contributed by atoms with Crippen LogP contribution in [0.1, 0.15) is 30.1 Å². The van der Waals surface area contributed by atoms with Crippen molar-refractivity contribution in [3.8, 4) is 0 Å². The molecule has 1 aromatic carbocycles. The van der Waals surface area contributed by atoms with Crippen molar-refractivity contribution >= 4 is 41.7 Å². The topological polar surface area (TPSA) is 70.2 Å². The van der Waals surface area contributed by atoms with Crippen LogP contribution >= 0.6 is 24.2 Å². The molecule has 0 radical (unpaired) electrons. The fraction of sp³-hybridized carbons (Fsp3) is 0.500. The molecule has 2 unspecified atom stereocenters. The maximum Gasteiger partial charge on any atom is 0.251 e. The molecule has 2 atom stereocenters. The normalized spacial score (nSPS) is 23.8. The Morgan fingerprint density at radius 2 is 2.22 bits per heavy atom. The summed E-state index contributed by atoms with van der Waals surface area (Å²) in [6.07, 6.45) is 1.46. The first kappa shape index (κ1) is 18.1. The highest BCUT2D eigenvalue weighted by Crippen LogP contribution is 2.31. The van der Waals surface area contributed by atoms with Crippen molar-refractivity contribution in [2.24, 2.45) is 5.92 Å². The highest BCUT2D eigenvalue weighted by molar-refractivity contribution is 7.99. The first-order valence-corrected chi connectivity index (χ1v) is 8.70. The van der Waals surface area contributed by atoms with E-state index in [0.29, 0.717) is 17.9 Å². The second-order valence-corrected chi connectivity index (χ2v) is 7.04. The fourth-order valence-electron chi connectivity index (χ4n) is 2.84. The zero-order chi connectivity index (χ0) is 15.5. The predicted molar refractivity (Wildman–Crippen MR) is 95.6 cm³/mol. The minimum Gasteiger partial charge on any atom is -0.349 e. The summed E-state index contributed by atoms with van der Waals surface area (Å²) in [6, 6.07) is 5.75. The van der Waals surface area contributed by atoms with E-state index in [1.807, 2.05) is 12.1 Å². The largest absolute Gasteiger partial charge is 0.349 e. The predicted octanol–water partition coefficient (Wildman–Crippen LogP) is 2.27. The molecule has 1 fully saturated rings. The average molecular weight is 356 g/mol. The number of thioether (sulfide) groups is 1. The lowest BCUT2D eigenvalue weighted by atomic mass is 9.95. The zero-order valence-corrected chi connectivity index (χ0v) is 14.7. The minimum atomic E-state index is -0.0648. The van der Waals surface area contributed by atoms with E-state index >= 15 is 0 Å². The summed E-state index contributed by atoms with van der Waals surface area (Å²) in [5.41, 5.74) is 1.35. The monoisotopic (exact) mass is 355 g/mol. The summed E-state index contributed by atoms with van der Waals surface area (Å²) < 4.78 is 0. The number of hydrogen-bond donors (Lipinski definition) is 3. The Kier molecular flexibility index (Phi) is 6.33. The van der Waals surface area contributed by atoms with Crippen LogP contribution in [0.25, 0.3) is 0 Å². The first-order chi connectivity index (χ1) is 10.6. The molecular weight excluding hydrogens is 334 g/mol. The van der Waals surface area contributed by atoms with Gasteiger partial charge < -0.3 is 16.0 Å². The molecule has 3 rings (SSSR count). The third kappa shape index (κ3) is 4.40. The molecule has 0 bridgehead atoms. The number of fused-ring (bicyclic) bond motifs is 1. The molecule has 2 aliphatic heterocycles. The van der Waals surface area contributed by atoms with Gasteiger partial charge in [-0.1, -0.05) is 6.92 Å². The number of anilines is 1. The van der Waals surface area contributed by atoms with Gasteiger partial charge >= 0.3 is 0 Å². The van der Waals surface area contributed by atoms with Crippen molar-refractivity contribution in [3.63, 3.8) is 0 Å². The van der Waals surface area contributed by atoms with Gasteiger partial charge in [0, 0.05) is 28.7 Å². The van der Waals surface area contributed by atoms with Crippen molar-refractivity contribution in [1.29, 1.82) is 0 Å². The van der Waals surface area contributed by atoms with Gasteiger partial charge in [-0.05, 0) is 43.6 Å². The molecule has 0 aromatic heterocycles. The van der Waals surface area contributed by atoms with Crippen molar-refractivity contribution < 1.29 is 9.59 Å². The number of hydrogen-bond acceptors (Lipinski definition) is 4. The summed E-state index contributed by atoms with van der Waals surface area (Å²) in [6.45, 7) is 4.01. The third-order valence-corrected chi connectivity index (χ3v) is 5.28. The summed E-state index contributed by atoms with van der Waals surface area (Å²) in [5.74, 6) is 1.14. The Bertz CT molecular complexity index is 597. The Labute approximate surface area is 146 Å². The number of piperidine rings is 1. The van der Waals surface area contributed by atoms with Crippen molar-refractivity contribution in [2.75, 3.05) is 24.2 Å². The first-order valence-electron chi connectivity index (χ1n) is 7.72. The van der Waals surface area contributed by atoms with E-state index in [1.165, 1.54) is 0 Å². The Hall–Kier alpha value is -1.24. The molecule has 23 heavy (non-hydrogen) atoms. The van der Waals surface area contributed by atoms with Crippen molar-refractivity contribution in [3.05, 3.63) is 23.8 Å². The molecule has 7 heteroatoms. The quantitative estimate of drug-likeness (QED) is 0.761. The Morgan fingerprint density at radius 3 is 3.00 bits per heavy atom. The van der Waals surface area contributed by atoms with E-state index in [1.54, 1.807) is 17.8 Å². The fourth-order valence-corrected chi connectivity index (χ4v) is 3.78.